The van der Waals surface area contributed by atoms with E-state index in [2.05, 4.69) is 17.6 Å². The molecule has 1 heterocycles. The van der Waals surface area contributed by atoms with Crippen LogP contribution in [0.15, 0.2) is 48.5 Å². The molecule has 2 aromatic rings. The van der Waals surface area contributed by atoms with Gasteiger partial charge in [0.25, 0.3) is 5.91 Å². The highest BCUT2D eigenvalue weighted by atomic mass is 19.1. The molecule has 2 N–H and O–H groups in total. The van der Waals surface area contributed by atoms with Crippen molar-refractivity contribution in [2.24, 2.45) is 0 Å². The van der Waals surface area contributed by atoms with E-state index in [4.69, 9.17) is 4.74 Å². The van der Waals surface area contributed by atoms with Gasteiger partial charge in [-0.25, -0.2) is 4.39 Å². The normalized spacial score (nSPS) is 20.1. The highest BCUT2D eigenvalue weighted by Crippen LogP contribution is 2.15. The second kappa shape index (κ2) is 8.12. The van der Waals surface area contributed by atoms with Crippen LogP contribution in [-0.4, -0.2) is 24.5 Å². The largest absolute Gasteiger partial charge is 0.489 e. The fraction of sp³-hybridized carbons (Fsp3) is 0.350. The molecule has 1 amide bonds. The minimum absolute atomic E-state index is 0.0758. The van der Waals surface area contributed by atoms with Crippen molar-refractivity contribution in [1.29, 1.82) is 0 Å². The third-order valence-corrected chi connectivity index (χ3v) is 4.47. The molecule has 0 aliphatic carbocycles. The number of benzene rings is 2. The van der Waals surface area contributed by atoms with Gasteiger partial charge in [-0.05, 0) is 56.1 Å². The van der Waals surface area contributed by atoms with Gasteiger partial charge in [-0.3, -0.25) is 4.79 Å². The molecule has 1 saturated heterocycles. The van der Waals surface area contributed by atoms with Gasteiger partial charge in [-0.2, -0.15) is 0 Å². The first-order valence-corrected chi connectivity index (χ1v) is 8.63. The molecule has 132 valence electrons. The predicted octanol–water partition coefficient (Wildman–Crippen LogP) is 3.28. The van der Waals surface area contributed by atoms with Gasteiger partial charge in [0, 0.05) is 23.7 Å². The molecule has 0 radical (unpaired) electrons. The molecule has 1 aliphatic rings. The average molecular weight is 342 g/mol. The number of hydrogen-bond donors (Lipinski definition) is 2. The second-order valence-electron chi connectivity index (χ2n) is 6.41. The third-order valence-electron chi connectivity index (χ3n) is 4.47. The zero-order valence-electron chi connectivity index (χ0n) is 14.3. The standard InChI is InChI=1S/C20H23FN2O2/c1-14-19(9-4-10-22-14)23-20(24)16-6-2-5-15(11-16)13-25-18-8-3-7-17(21)12-18/h2-3,5-8,11-12,14,19,22H,4,9-10,13H2,1H3,(H,23,24). The van der Waals surface area contributed by atoms with Gasteiger partial charge in [0.05, 0.1) is 0 Å². The summed E-state index contributed by atoms with van der Waals surface area (Å²) >= 11 is 0. The molecular formula is C20H23FN2O2. The average Bonchev–Trinajstić information content (AvgIpc) is 2.62. The number of carbonyl (C=O) groups is 1. The highest BCUT2D eigenvalue weighted by molar-refractivity contribution is 5.94. The van der Waals surface area contributed by atoms with E-state index in [1.165, 1.54) is 12.1 Å². The summed E-state index contributed by atoms with van der Waals surface area (Å²) in [7, 11) is 0. The topological polar surface area (TPSA) is 50.4 Å². The molecule has 0 spiro atoms. The molecule has 25 heavy (non-hydrogen) atoms. The van der Waals surface area contributed by atoms with Crippen molar-refractivity contribution in [3.63, 3.8) is 0 Å². The monoisotopic (exact) mass is 342 g/mol. The Kier molecular flexibility index (Phi) is 5.66. The number of nitrogens with one attached hydrogen (secondary N) is 2. The fourth-order valence-corrected chi connectivity index (χ4v) is 3.02. The Bertz CT molecular complexity index is 735. The van der Waals surface area contributed by atoms with Gasteiger partial charge in [0.15, 0.2) is 0 Å². The number of rotatable bonds is 5. The first-order valence-electron chi connectivity index (χ1n) is 8.63. The van der Waals surface area contributed by atoms with E-state index in [1.807, 2.05) is 18.2 Å². The quantitative estimate of drug-likeness (QED) is 0.877. The summed E-state index contributed by atoms with van der Waals surface area (Å²) in [6, 6.07) is 13.8. The summed E-state index contributed by atoms with van der Waals surface area (Å²) in [4.78, 5) is 12.5. The molecule has 0 aromatic heterocycles. The van der Waals surface area contributed by atoms with Crippen molar-refractivity contribution in [2.75, 3.05) is 6.54 Å². The van der Waals surface area contributed by atoms with Crippen LogP contribution in [0.3, 0.4) is 0 Å². The zero-order chi connectivity index (χ0) is 17.6. The van der Waals surface area contributed by atoms with Crippen LogP contribution < -0.4 is 15.4 Å². The lowest BCUT2D eigenvalue weighted by Gasteiger charge is -2.30. The van der Waals surface area contributed by atoms with Gasteiger partial charge in [0.1, 0.15) is 18.2 Å². The summed E-state index contributed by atoms with van der Waals surface area (Å²) < 4.78 is 18.8. The van der Waals surface area contributed by atoms with Crippen molar-refractivity contribution in [3.8, 4) is 5.75 Å². The molecule has 2 unspecified atom stereocenters. The lowest BCUT2D eigenvalue weighted by Crippen LogP contribution is -2.51. The van der Waals surface area contributed by atoms with Crippen molar-refractivity contribution < 1.29 is 13.9 Å². The lowest BCUT2D eigenvalue weighted by molar-refractivity contribution is 0.0919. The third kappa shape index (κ3) is 4.79. The summed E-state index contributed by atoms with van der Waals surface area (Å²) in [5, 5.41) is 6.48. The van der Waals surface area contributed by atoms with Crippen LogP contribution in [-0.2, 0) is 6.61 Å². The molecule has 2 atom stereocenters. The molecular weight excluding hydrogens is 319 g/mol. The van der Waals surface area contributed by atoms with Crippen LogP contribution in [0.4, 0.5) is 4.39 Å². The molecule has 4 nitrogen and oxygen atoms in total. The van der Waals surface area contributed by atoms with E-state index in [9.17, 15) is 9.18 Å². The van der Waals surface area contributed by atoms with Crippen LogP contribution in [0, 0.1) is 5.82 Å². The molecule has 0 saturated carbocycles. The Morgan fingerprint density at radius 1 is 1.28 bits per heavy atom. The summed E-state index contributed by atoms with van der Waals surface area (Å²) in [5.74, 6) is 0.0611. The summed E-state index contributed by atoms with van der Waals surface area (Å²) in [5.41, 5.74) is 1.48. The van der Waals surface area contributed by atoms with E-state index in [0.717, 1.165) is 24.9 Å². The smallest absolute Gasteiger partial charge is 0.251 e. The SMILES string of the molecule is CC1NCCCC1NC(=O)c1cccc(COc2cccc(F)c2)c1. The molecule has 2 aromatic carbocycles. The maximum atomic E-state index is 13.2. The van der Waals surface area contributed by atoms with Gasteiger partial charge < -0.3 is 15.4 Å². The van der Waals surface area contributed by atoms with E-state index in [0.29, 0.717) is 11.3 Å². The van der Waals surface area contributed by atoms with Crippen molar-refractivity contribution in [1.82, 2.24) is 10.6 Å². The molecule has 1 aliphatic heterocycles. The number of hydrogen-bond acceptors (Lipinski definition) is 3. The van der Waals surface area contributed by atoms with Crippen molar-refractivity contribution in [3.05, 3.63) is 65.5 Å². The zero-order valence-corrected chi connectivity index (χ0v) is 14.3. The van der Waals surface area contributed by atoms with Gasteiger partial charge in [-0.15, -0.1) is 0 Å². The number of piperidine rings is 1. The minimum atomic E-state index is -0.333. The van der Waals surface area contributed by atoms with Gasteiger partial charge in [0.2, 0.25) is 0 Å². The van der Waals surface area contributed by atoms with Crippen LogP contribution >= 0.6 is 0 Å². The first-order chi connectivity index (χ1) is 12.1. The van der Waals surface area contributed by atoms with Crippen LogP contribution in [0.25, 0.3) is 0 Å². The Morgan fingerprint density at radius 3 is 2.92 bits per heavy atom. The number of amides is 1. The van der Waals surface area contributed by atoms with Crippen molar-refractivity contribution >= 4 is 5.91 Å². The predicted molar refractivity (Wildman–Crippen MR) is 95.1 cm³/mol. The van der Waals surface area contributed by atoms with Crippen molar-refractivity contribution in [2.45, 2.75) is 38.5 Å². The Labute approximate surface area is 147 Å². The molecule has 3 rings (SSSR count). The minimum Gasteiger partial charge on any atom is -0.489 e. The number of halogens is 1. The molecule has 1 fully saturated rings. The fourth-order valence-electron chi connectivity index (χ4n) is 3.02. The summed E-state index contributed by atoms with van der Waals surface area (Å²) in [6.07, 6.45) is 2.05. The Hall–Kier alpha value is -2.40. The Balaban J connectivity index is 1.61. The molecule has 0 bridgehead atoms. The second-order valence-corrected chi connectivity index (χ2v) is 6.41. The first kappa shape index (κ1) is 17.4. The summed E-state index contributed by atoms with van der Waals surface area (Å²) in [6.45, 7) is 3.37. The van der Waals surface area contributed by atoms with E-state index < -0.39 is 0 Å². The number of carbonyl (C=O) groups excluding carboxylic acids is 1. The van der Waals surface area contributed by atoms with E-state index in [1.54, 1.807) is 18.2 Å². The Morgan fingerprint density at radius 2 is 2.12 bits per heavy atom. The van der Waals surface area contributed by atoms with Crippen LogP contribution in [0.5, 0.6) is 5.75 Å². The highest BCUT2D eigenvalue weighted by Gasteiger charge is 2.22. The maximum Gasteiger partial charge on any atom is 0.251 e. The van der Waals surface area contributed by atoms with Gasteiger partial charge >= 0.3 is 0 Å². The lowest BCUT2D eigenvalue weighted by atomic mass is 9.99. The van der Waals surface area contributed by atoms with E-state index >= 15 is 0 Å². The van der Waals surface area contributed by atoms with E-state index in [-0.39, 0.29) is 30.4 Å². The van der Waals surface area contributed by atoms with Crippen LogP contribution in [0.2, 0.25) is 0 Å². The number of ether oxygens (including phenoxy) is 1. The van der Waals surface area contributed by atoms with Crippen LogP contribution in [0.1, 0.15) is 35.7 Å². The van der Waals surface area contributed by atoms with Gasteiger partial charge in [-0.1, -0.05) is 18.2 Å². The molecule has 5 heteroatoms. The maximum absolute atomic E-state index is 13.2.